The molecule has 1 unspecified atom stereocenters. The van der Waals surface area contributed by atoms with E-state index in [1.165, 1.54) is 5.56 Å². The highest BCUT2D eigenvalue weighted by Gasteiger charge is 2.26. The van der Waals surface area contributed by atoms with E-state index in [-0.39, 0.29) is 30.1 Å². The Morgan fingerprint density at radius 1 is 0.743 bits per heavy atom. The summed E-state index contributed by atoms with van der Waals surface area (Å²) in [6, 6.07) is 10.1. The molecule has 0 bridgehead atoms. The first-order valence-electron chi connectivity index (χ1n) is 12.8. The predicted octanol–water partition coefficient (Wildman–Crippen LogP) is 7.08. The first-order chi connectivity index (χ1) is 16.1. The van der Waals surface area contributed by atoms with Gasteiger partial charge in [-0.25, -0.2) is 0 Å². The number of hydrogen-bond donors (Lipinski definition) is 2. The van der Waals surface area contributed by atoms with Crippen molar-refractivity contribution in [3.05, 3.63) is 63.7 Å². The van der Waals surface area contributed by atoms with Crippen molar-refractivity contribution >= 4 is 10.3 Å². The van der Waals surface area contributed by atoms with Crippen LogP contribution < -0.4 is 8.91 Å². The second-order valence-corrected chi connectivity index (χ2v) is 12.4. The zero-order valence-electron chi connectivity index (χ0n) is 23.1. The average Bonchev–Trinajstić information content (AvgIpc) is 2.72. The van der Waals surface area contributed by atoms with E-state index in [4.69, 9.17) is 4.18 Å². The highest BCUT2D eigenvalue weighted by molar-refractivity contribution is 7.85. The van der Waals surface area contributed by atoms with E-state index >= 15 is 0 Å². The van der Waals surface area contributed by atoms with E-state index in [0.29, 0.717) is 11.7 Å². The zero-order chi connectivity index (χ0) is 26.7. The molecular weight excluding hydrogens is 458 g/mol. The lowest BCUT2D eigenvalue weighted by molar-refractivity contribution is 0.160. The van der Waals surface area contributed by atoms with Crippen LogP contribution in [0.2, 0.25) is 0 Å². The van der Waals surface area contributed by atoms with Crippen molar-refractivity contribution in [2.45, 2.75) is 111 Å². The number of rotatable bonds is 11. The van der Waals surface area contributed by atoms with Gasteiger partial charge in [0.05, 0.1) is 0 Å². The molecule has 35 heavy (non-hydrogen) atoms. The Kier molecular flexibility index (Phi) is 9.97. The lowest BCUT2D eigenvalue weighted by Gasteiger charge is -2.25. The minimum atomic E-state index is -4.25. The van der Waals surface area contributed by atoms with Gasteiger partial charge in [-0.1, -0.05) is 99.6 Å². The molecule has 0 aliphatic carbocycles. The van der Waals surface area contributed by atoms with Crippen molar-refractivity contribution in [1.82, 2.24) is 4.72 Å². The summed E-state index contributed by atoms with van der Waals surface area (Å²) in [5.41, 5.74) is 6.19. The molecule has 0 aliphatic heterocycles. The summed E-state index contributed by atoms with van der Waals surface area (Å²) >= 11 is 0. The van der Waals surface area contributed by atoms with Gasteiger partial charge in [-0.15, -0.1) is 0 Å². The van der Waals surface area contributed by atoms with E-state index in [2.05, 4.69) is 58.4 Å². The molecule has 0 saturated heterocycles. The summed E-state index contributed by atoms with van der Waals surface area (Å²) in [6.07, 6.45) is -1.14. The van der Waals surface area contributed by atoms with Crippen LogP contribution in [0.3, 0.4) is 0 Å². The third-order valence-corrected chi connectivity index (χ3v) is 7.39. The quantitative estimate of drug-likeness (QED) is 0.321. The fourth-order valence-electron chi connectivity index (χ4n) is 4.46. The summed E-state index contributed by atoms with van der Waals surface area (Å²) in [5, 5.41) is 10.9. The van der Waals surface area contributed by atoms with Crippen LogP contribution in [-0.4, -0.2) is 19.8 Å². The fraction of sp³-hybridized carbons (Fsp3) is 0.586. The molecule has 196 valence electrons. The molecule has 0 fully saturated rings. The van der Waals surface area contributed by atoms with Crippen LogP contribution in [0, 0.1) is 0 Å². The minimum absolute atomic E-state index is 0.0884. The topological polar surface area (TPSA) is 75.6 Å². The average molecular weight is 504 g/mol. The molecule has 5 nitrogen and oxygen atoms in total. The molecule has 2 N–H and O–H groups in total. The first-order valence-corrected chi connectivity index (χ1v) is 14.2. The van der Waals surface area contributed by atoms with Gasteiger partial charge in [-0.2, -0.15) is 13.1 Å². The van der Waals surface area contributed by atoms with Gasteiger partial charge in [-0.05, 0) is 63.0 Å². The van der Waals surface area contributed by atoms with Crippen molar-refractivity contribution in [2.24, 2.45) is 0 Å². The maximum Gasteiger partial charge on any atom is 0.384 e. The number of para-hydroxylation sites is 1. The predicted molar refractivity (Wildman–Crippen MR) is 146 cm³/mol. The summed E-state index contributed by atoms with van der Waals surface area (Å²) < 4.78 is 34.0. The normalized spacial score (nSPS) is 13.5. The Hall–Kier alpha value is -1.89. The van der Waals surface area contributed by atoms with E-state index in [1.807, 2.05) is 45.9 Å². The Balaban J connectivity index is 2.39. The third-order valence-electron chi connectivity index (χ3n) is 6.44. The van der Waals surface area contributed by atoms with Crippen LogP contribution in [0.25, 0.3) is 0 Å². The van der Waals surface area contributed by atoms with Crippen molar-refractivity contribution in [2.75, 3.05) is 0 Å². The van der Waals surface area contributed by atoms with Gasteiger partial charge in [0.2, 0.25) is 0 Å². The molecule has 2 rings (SSSR count). The molecule has 0 saturated carbocycles. The molecule has 0 heterocycles. The molecule has 6 heteroatoms. The van der Waals surface area contributed by atoms with Gasteiger partial charge in [0.15, 0.2) is 5.75 Å². The van der Waals surface area contributed by atoms with E-state index in [9.17, 15) is 13.5 Å². The molecule has 0 radical (unpaired) electrons. The molecule has 0 aromatic heterocycles. The summed E-state index contributed by atoms with van der Waals surface area (Å²) in [6.45, 7) is 20.9. The highest BCUT2D eigenvalue weighted by atomic mass is 32.2. The summed E-state index contributed by atoms with van der Waals surface area (Å²) in [7, 11) is -4.25. The van der Waals surface area contributed by atoms with Crippen LogP contribution in [0.15, 0.2) is 30.3 Å². The van der Waals surface area contributed by atoms with Crippen molar-refractivity contribution < 1.29 is 17.7 Å². The molecular formula is C29H45NO4S. The number of aliphatic hydroxyl groups is 1. The van der Waals surface area contributed by atoms with Gasteiger partial charge in [0.1, 0.15) is 6.23 Å². The Bertz CT molecular complexity index is 1050. The van der Waals surface area contributed by atoms with Gasteiger partial charge >= 0.3 is 10.3 Å². The number of nitrogens with one attached hydrogen (secondary N) is 1. The lowest BCUT2D eigenvalue weighted by Crippen LogP contribution is -2.39. The van der Waals surface area contributed by atoms with Crippen LogP contribution in [-0.2, 0) is 16.7 Å². The van der Waals surface area contributed by atoms with Crippen LogP contribution in [0.4, 0.5) is 0 Å². The lowest BCUT2D eigenvalue weighted by atomic mass is 9.83. The van der Waals surface area contributed by atoms with Gasteiger partial charge in [0, 0.05) is 6.42 Å². The zero-order valence-corrected chi connectivity index (χ0v) is 24.0. The van der Waals surface area contributed by atoms with Crippen molar-refractivity contribution in [3.63, 3.8) is 0 Å². The monoisotopic (exact) mass is 503 g/mol. The number of hydrogen-bond acceptors (Lipinski definition) is 4. The van der Waals surface area contributed by atoms with Crippen molar-refractivity contribution in [1.29, 1.82) is 0 Å². The smallest absolute Gasteiger partial charge is 0.377 e. The first kappa shape index (κ1) is 29.3. The number of benzene rings is 2. The standard InChI is InChI=1S/C29H45NO4S/c1-17(2)22-14-25(20(7)8)27(26(15-22)21(9)10)16-28(31)30-35(32,33)34-29-23(18(3)4)12-11-13-24(29)19(5)6/h11-15,17-21,28,30-31H,16H2,1-10H3. The molecule has 0 aliphatic rings. The maximum absolute atomic E-state index is 13.0. The van der Waals surface area contributed by atoms with Crippen molar-refractivity contribution in [3.8, 4) is 5.75 Å². The minimum Gasteiger partial charge on any atom is -0.377 e. The maximum atomic E-state index is 13.0. The Morgan fingerprint density at radius 3 is 1.54 bits per heavy atom. The van der Waals surface area contributed by atoms with Crippen LogP contribution in [0.1, 0.15) is 132 Å². The van der Waals surface area contributed by atoms with E-state index in [1.54, 1.807) is 0 Å². The molecule has 0 amide bonds. The van der Waals surface area contributed by atoms with E-state index < -0.39 is 16.5 Å². The summed E-state index contributed by atoms with van der Waals surface area (Å²) in [5.74, 6) is 1.40. The van der Waals surface area contributed by atoms with Gasteiger partial charge in [-0.3, -0.25) is 0 Å². The SMILES string of the molecule is CC(C)c1cc(C(C)C)c(CC(O)NS(=O)(=O)Oc2c(C(C)C)cccc2C(C)C)c(C(C)C)c1. The van der Waals surface area contributed by atoms with E-state index in [0.717, 1.165) is 27.8 Å². The van der Waals surface area contributed by atoms with Gasteiger partial charge in [0.25, 0.3) is 0 Å². The molecule has 2 aromatic rings. The Labute approximate surface area is 213 Å². The summed E-state index contributed by atoms with van der Waals surface area (Å²) in [4.78, 5) is 0. The van der Waals surface area contributed by atoms with Crippen LogP contribution in [0.5, 0.6) is 5.75 Å². The number of aliphatic hydroxyl groups excluding tert-OH is 1. The second kappa shape index (κ2) is 11.9. The van der Waals surface area contributed by atoms with Gasteiger partial charge < -0.3 is 9.29 Å². The highest BCUT2D eigenvalue weighted by Crippen LogP contribution is 2.36. The third kappa shape index (κ3) is 7.55. The molecule has 2 aromatic carbocycles. The Morgan fingerprint density at radius 2 is 1.17 bits per heavy atom. The second-order valence-electron chi connectivity index (χ2n) is 11.1. The largest absolute Gasteiger partial charge is 0.384 e. The fourth-order valence-corrected chi connectivity index (χ4v) is 5.33. The molecule has 0 spiro atoms. The van der Waals surface area contributed by atoms with Crippen LogP contribution >= 0.6 is 0 Å². The molecule has 1 atom stereocenters.